The Morgan fingerprint density at radius 3 is 2.48 bits per heavy atom. The van der Waals surface area contributed by atoms with Gasteiger partial charge in [-0.25, -0.2) is 0 Å². The zero-order chi connectivity index (χ0) is 23.3. The molecule has 0 spiro atoms. The van der Waals surface area contributed by atoms with Crippen molar-refractivity contribution < 1.29 is 9.53 Å². The number of hydrogen-bond acceptors (Lipinski definition) is 4. The number of aromatic nitrogens is 2. The number of aryl methyl sites for hydroxylation is 1. The van der Waals surface area contributed by atoms with E-state index >= 15 is 0 Å². The summed E-state index contributed by atoms with van der Waals surface area (Å²) in [5, 5.41) is 8.08. The Balaban J connectivity index is 0.00000385. The summed E-state index contributed by atoms with van der Waals surface area (Å²) in [6.07, 6.45) is 0. The van der Waals surface area contributed by atoms with Crippen LogP contribution in [0.25, 0.3) is 0 Å². The lowest BCUT2D eigenvalue weighted by atomic mass is 10.2. The van der Waals surface area contributed by atoms with Gasteiger partial charge < -0.3 is 15.0 Å². The summed E-state index contributed by atoms with van der Waals surface area (Å²) in [7, 11) is 4.05. The molecule has 0 aliphatic rings. The maximum absolute atomic E-state index is 12.8. The highest BCUT2D eigenvalue weighted by Crippen LogP contribution is 2.25. The van der Waals surface area contributed by atoms with E-state index in [0.717, 1.165) is 29.2 Å². The Morgan fingerprint density at radius 2 is 1.85 bits per heavy atom. The summed E-state index contributed by atoms with van der Waals surface area (Å²) >= 11 is 6.22. The molecule has 6 nitrogen and oxygen atoms in total. The van der Waals surface area contributed by atoms with Gasteiger partial charge in [-0.05, 0) is 68.9 Å². The molecule has 1 aromatic heterocycles. The number of anilines is 1. The first-order valence-electron chi connectivity index (χ1n) is 10.7. The van der Waals surface area contributed by atoms with Crippen molar-refractivity contribution in [1.29, 1.82) is 0 Å². The van der Waals surface area contributed by atoms with Gasteiger partial charge in [0.1, 0.15) is 5.75 Å². The van der Waals surface area contributed by atoms with Crippen LogP contribution < -0.4 is 10.1 Å². The highest BCUT2D eigenvalue weighted by Gasteiger charge is 2.15. The van der Waals surface area contributed by atoms with E-state index in [4.69, 9.17) is 16.3 Å². The van der Waals surface area contributed by atoms with Crippen LogP contribution in [-0.4, -0.2) is 41.3 Å². The Kier molecular flexibility index (Phi) is 9.77. The molecule has 0 atom stereocenters. The number of nitrogens with zero attached hydrogens (tertiary/aromatic N) is 3. The first-order chi connectivity index (χ1) is 15.2. The highest BCUT2D eigenvalue weighted by molar-refractivity contribution is 6.30. The Labute approximate surface area is 207 Å². The minimum atomic E-state index is -0.241. The zero-order valence-corrected chi connectivity index (χ0v) is 21.3. The predicted octanol–water partition coefficient (Wildman–Crippen LogP) is 5.66. The van der Waals surface area contributed by atoms with Crippen LogP contribution >= 0.6 is 24.0 Å². The van der Waals surface area contributed by atoms with Crippen LogP contribution in [0.15, 0.2) is 48.5 Å². The molecule has 0 radical (unpaired) electrons. The first-order valence-corrected chi connectivity index (χ1v) is 11.1. The second kappa shape index (κ2) is 12.1. The van der Waals surface area contributed by atoms with Crippen molar-refractivity contribution in [2.75, 3.05) is 26.0 Å². The maximum Gasteiger partial charge on any atom is 0.276 e. The molecule has 0 bridgehead atoms. The number of ether oxygens (including phenoxy) is 1. The molecule has 1 N–H and O–H groups in total. The molecule has 1 amide bonds. The third-order valence-corrected chi connectivity index (χ3v) is 5.07. The fourth-order valence-electron chi connectivity index (χ4n) is 3.27. The van der Waals surface area contributed by atoms with Gasteiger partial charge in [0.2, 0.25) is 0 Å². The molecule has 0 aliphatic heterocycles. The van der Waals surface area contributed by atoms with Crippen molar-refractivity contribution >= 4 is 35.6 Å². The van der Waals surface area contributed by atoms with E-state index in [1.54, 1.807) is 10.7 Å². The first kappa shape index (κ1) is 26.7. The topological polar surface area (TPSA) is 59.4 Å². The number of nitrogens with one attached hydrogen (secondary N) is 1. The van der Waals surface area contributed by atoms with E-state index in [-0.39, 0.29) is 18.3 Å². The average molecular weight is 491 g/mol. The van der Waals surface area contributed by atoms with Crippen LogP contribution in [0.1, 0.15) is 41.2 Å². The fourth-order valence-corrected chi connectivity index (χ4v) is 3.46. The molecular formula is C25H32Cl2N4O2. The standard InChI is InChI=1S/C25H31ClN4O2.ClH/c1-17(2)16-32-24-11-8-21(26)13-20(24)15-30-18(3)12-23(28-30)25(31)27-22-9-6-19(7-10-22)14-29(4)5;/h6-13,17H,14-16H2,1-5H3,(H,27,31);1H. The lowest BCUT2D eigenvalue weighted by Gasteiger charge is -2.14. The van der Waals surface area contributed by atoms with Crippen molar-refractivity contribution in [3.8, 4) is 5.75 Å². The van der Waals surface area contributed by atoms with Crippen molar-refractivity contribution in [3.63, 3.8) is 0 Å². The van der Waals surface area contributed by atoms with E-state index in [1.807, 2.05) is 63.5 Å². The fraction of sp³-hybridized carbons (Fsp3) is 0.360. The van der Waals surface area contributed by atoms with E-state index in [2.05, 4.69) is 29.2 Å². The minimum absolute atomic E-state index is 0. The van der Waals surface area contributed by atoms with Crippen LogP contribution in [0.5, 0.6) is 5.75 Å². The Bertz CT molecular complexity index is 1060. The minimum Gasteiger partial charge on any atom is -0.493 e. The van der Waals surface area contributed by atoms with Gasteiger partial charge in [-0.2, -0.15) is 5.10 Å². The van der Waals surface area contributed by atoms with Crippen LogP contribution in [-0.2, 0) is 13.1 Å². The van der Waals surface area contributed by atoms with Gasteiger partial charge in [0.25, 0.3) is 5.91 Å². The molecule has 178 valence electrons. The molecule has 2 aromatic carbocycles. The lowest BCUT2D eigenvalue weighted by molar-refractivity contribution is 0.102. The lowest BCUT2D eigenvalue weighted by Crippen LogP contribution is -2.14. The number of amides is 1. The zero-order valence-electron chi connectivity index (χ0n) is 19.8. The summed E-state index contributed by atoms with van der Waals surface area (Å²) in [6, 6.07) is 15.2. The molecule has 0 saturated carbocycles. The molecule has 1 heterocycles. The van der Waals surface area contributed by atoms with Gasteiger partial charge in [0.05, 0.1) is 13.2 Å². The predicted molar refractivity (Wildman–Crippen MR) is 137 cm³/mol. The van der Waals surface area contributed by atoms with Crippen LogP contribution in [0.3, 0.4) is 0 Å². The van der Waals surface area contributed by atoms with Gasteiger partial charge in [0, 0.05) is 28.5 Å². The van der Waals surface area contributed by atoms with Crippen LogP contribution in [0.2, 0.25) is 5.02 Å². The quantitative estimate of drug-likeness (QED) is 0.420. The normalized spacial score (nSPS) is 10.9. The van der Waals surface area contributed by atoms with Gasteiger partial charge in [-0.1, -0.05) is 37.6 Å². The molecule has 0 unspecified atom stereocenters. The van der Waals surface area contributed by atoms with Crippen LogP contribution in [0, 0.1) is 12.8 Å². The summed E-state index contributed by atoms with van der Waals surface area (Å²) in [5.41, 5.74) is 4.10. The molecule has 3 aromatic rings. The molecular weight excluding hydrogens is 459 g/mol. The summed E-state index contributed by atoms with van der Waals surface area (Å²) in [4.78, 5) is 14.9. The van der Waals surface area contributed by atoms with Gasteiger partial charge in [0.15, 0.2) is 5.69 Å². The van der Waals surface area contributed by atoms with Gasteiger partial charge in [-0.3, -0.25) is 9.48 Å². The monoisotopic (exact) mass is 490 g/mol. The number of carbonyl (C=O) groups is 1. The maximum atomic E-state index is 12.8. The van der Waals surface area contributed by atoms with Gasteiger partial charge in [-0.15, -0.1) is 12.4 Å². The third kappa shape index (κ3) is 7.77. The summed E-state index contributed by atoms with van der Waals surface area (Å²) in [6.45, 7) is 8.07. The molecule has 0 fully saturated rings. The summed E-state index contributed by atoms with van der Waals surface area (Å²) < 4.78 is 7.75. The Morgan fingerprint density at radius 1 is 1.15 bits per heavy atom. The third-order valence-electron chi connectivity index (χ3n) is 4.84. The van der Waals surface area contributed by atoms with E-state index in [9.17, 15) is 4.79 Å². The van der Waals surface area contributed by atoms with E-state index in [0.29, 0.717) is 29.8 Å². The smallest absolute Gasteiger partial charge is 0.276 e. The molecule has 3 rings (SSSR count). The molecule has 0 aliphatic carbocycles. The van der Waals surface area contributed by atoms with Gasteiger partial charge >= 0.3 is 0 Å². The van der Waals surface area contributed by atoms with Crippen molar-refractivity contribution in [2.24, 2.45) is 5.92 Å². The second-order valence-corrected chi connectivity index (χ2v) is 9.11. The number of rotatable bonds is 9. The summed E-state index contributed by atoms with van der Waals surface area (Å²) in [5.74, 6) is 0.952. The average Bonchev–Trinajstić information content (AvgIpc) is 3.09. The van der Waals surface area contributed by atoms with E-state index in [1.165, 1.54) is 5.56 Å². The van der Waals surface area contributed by atoms with Crippen LogP contribution in [0.4, 0.5) is 5.69 Å². The van der Waals surface area contributed by atoms with Crippen molar-refractivity contribution in [3.05, 3.63) is 76.1 Å². The SMILES string of the molecule is Cc1cc(C(=O)Nc2ccc(CN(C)C)cc2)nn1Cc1cc(Cl)ccc1OCC(C)C.Cl. The Hall–Kier alpha value is -2.54. The van der Waals surface area contributed by atoms with Crippen molar-refractivity contribution in [1.82, 2.24) is 14.7 Å². The molecule has 0 saturated heterocycles. The molecule has 33 heavy (non-hydrogen) atoms. The number of hydrogen-bond donors (Lipinski definition) is 1. The van der Waals surface area contributed by atoms with E-state index < -0.39 is 0 Å². The number of halogens is 2. The highest BCUT2D eigenvalue weighted by atomic mass is 35.5. The number of benzene rings is 2. The second-order valence-electron chi connectivity index (χ2n) is 8.67. The molecule has 8 heteroatoms. The number of carbonyl (C=O) groups excluding carboxylic acids is 1. The van der Waals surface area contributed by atoms with Crippen molar-refractivity contribution in [2.45, 2.75) is 33.9 Å². The largest absolute Gasteiger partial charge is 0.493 e.